The highest BCUT2D eigenvalue weighted by molar-refractivity contribution is 7.88. The zero-order valence-corrected chi connectivity index (χ0v) is 15.7. The Bertz CT molecular complexity index is 651. The van der Waals surface area contributed by atoms with E-state index in [1.54, 1.807) is 11.3 Å². The van der Waals surface area contributed by atoms with Crippen LogP contribution in [-0.4, -0.2) is 38.0 Å². The molecule has 2 aliphatic rings. The van der Waals surface area contributed by atoms with Gasteiger partial charge in [-0.05, 0) is 43.0 Å². The number of amides is 1. The highest BCUT2D eigenvalue weighted by atomic mass is 32.2. The Balaban J connectivity index is 1.69. The number of carbonyl (C=O) groups excluding carboxylic acids is 1. The molecule has 2 fully saturated rings. The van der Waals surface area contributed by atoms with Gasteiger partial charge in [-0.2, -0.15) is 0 Å². The van der Waals surface area contributed by atoms with E-state index in [2.05, 4.69) is 16.8 Å². The van der Waals surface area contributed by atoms with E-state index < -0.39 is 10.0 Å². The molecule has 1 aromatic heterocycles. The quantitative estimate of drug-likeness (QED) is 0.867. The molecule has 2 heterocycles. The molecule has 1 aliphatic heterocycles. The van der Waals surface area contributed by atoms with Gasteiger partial charge in [-0.15, -0.1) is 11.3 Å². The second kappa shape index (κ2) is 7.54. The average Bonchev–Trinajstić information content (AvgIpc) is 3.25. The van der Waals surface area contributed by atoms with Crippen LogP contribution >= 0.6 is 11.3 Å². The fourth-order valence-electron chi connectivity index (χ4n) is 3.91. The van der Waals surface area contributed by atoms with Crippen molar-refractivity contribution < 1.29 is 13.2 Å². The number of hydrogen-bond donors (Lipinski definition) is 1. The third-order valence-electron chi connectivity index (χ3n) is 5.24. The van der Waals surface area contributed by atoms with Gasteiger partial charge in [0.1, 0.15) is 0 Å². The summed E-state index contributed by atoms with van der Waals surface area (Å²) in [6.45, 7) is 0.839. The van der Waals surface area contributed by atoms with Crippen molar-refractivity contribution in [2.45, 2.75) is 44.6 Å². The smallest absolute Gasteiger partial charge is 0.224 e. The molecule has 0 spiro atoms. The normalized spacial score (nSPS) is 24.8. The van der Waals surface area contributed by atoms with Crippen molar-refractivity contribution >= 4 is 27.3 Å². The Kier molecular flexibility index (Phi) is 5.62. The van der Waals surface area contributed by atoms with Crippen LogP contribution in [0.4, 0.5) is 0 Å². The average molecular weight is 371 g/mol. The van der Waals surface area contributed by atoms with Gasteiger partial charge in [0, 0.05) is 18.0 Å². The second-order valence-corrected chi connectivity index (χ2v) is 9.97. The van der Waals surface area contributed by atoms with E-state index in [-0.39, 0.29) is 17.9 Å². The van der Waals surface area contributed by atoms with Crippen LogP contribution < -0.4 is 5.32 Å². The lowest BCUT2D eigenvalue weighted by atomic mass is 9.94. The molecule has 0 radical (unpaired) electrons. The number of nitrogens with one attached hydrogen (secondary N) is 1. The first-order chi connectivity index (χ1) is 11.4. The molecule has 1 aliphatic carbocycles. The van der Waals surface area contributed by atoms with Crippen LogP contribution in [-0.2, 0) is 14.8 Å². The largest absolute Gasteiger partial charge is 0.348 e. The summed E-state index contributed by atoms with van der Waals surface area (Å²) < 4.78 is 25.0. The molecular formula is C17H26N2O3S2. The highest BCUT2D eigenvalue weighted by Gasteiger charge is 2.34. The predicted octanol–water partition coefficient (Wildman–Crippen LogP) is 2.77. The lowest BCUT2D eigenvalue weighted by molar-refractivity contribution is -0.127. The van der Waals surface area contributed by atoms with Gasteiger partial charge in [-0.25, -0.2) is 12.7 Å². The standard InChI is InChI=1S/C17H26N2O3S2/c1-24(21,22)19-10-4-8-14(12-19)17(20)18-16(13-6-2-3-7-13)15-9-5-11-23-15/h5,9,11,13-14,16H,2-4,6-8,10,12H2,1H3,(H,18,20)/t14-,16-/m1/s1. The third kappa shape index (κ3) is 4.18. The Hall–Kier alpha value is -0.920. The first-order valence-electron chi connectivity index (χ1n) is 8.74. The third-order valence-corrected chi connectivity index (χ3v) is 7.47. The van der Waals surface area contributed by atoms with Crippen molar-refractivity contribution in [3.8, 4) is 0 Å². The summed E-state index contributed by atoms with van der Waals surface area (Å²) >= 11 is 1.69. The topological polar surface area (TPSA) is 66.5 Å². The van der Waals surface area contributed by atoms with Crippen LogP contribution in [0.1, 0.15) is 49.4 Å². The SMILES string of the molecule is CS(=O)(=O)N1CCC[C@@H](C(=O)N[C@@H](c2cccs2)C2CCCC2)C1. The molecule has 0 unspecified atom stereocenters. The van der Waals surface area contributed by atoms with Crippen molar-refractivity contribution in [2.75, 3.05) is 19.3 Å². The van der Waals surface area contributed by atoms with E-state index in [1.165, 1.54) is 28.3 Å². The van der Waals surface area contributed by atoms with Crippen LogP contribution in [0.25, 0.3) is 0 Å². The fraction of sp³-hybridized carbons (Fsp3) is 0.706. The number of piperidine rings is 1. The fourth-order valence-corrected chi connectivity index (χ4v) is 5.69. The van der Waals surface area contributed by atoms with Gasteiger partial charge in [-0.3, -0.25) is 4.79 Å². The van der Waals surface area contributed by atoms with Crippen molar-refractivity contribution in [3.63, 3.8) is 0 Å². The Morgan fingerprint density at radius 3 is 2.67 bits per heavy atom. The molecular weight excluding hydrogens is 344 g/mol. The summed E-state index contributed by atoms with van der Waals surface area (Å²) in [4.78, 5) is 14.0. The molecule has 7 heteroatoms. The number of thiophene rings is 1. The summed E-state index contributed by atoms with van der Waals surface area (Å²) in [6.07, 6.45) is 7.51. The highest BCUT2D eigenvalue weighted by Crippen LogP contribution is 2.37. The zero-order chi connectivity index (χ0) is 17.2. The molecule has 1 amide bonds. The van der Waals surface area contributed by atoms with Crippen molar-refractivity contribution in [2.24, 2.45) is 11.8 Å². The minimum atomic E-state index is -3.22. The maximum Gasteiger partial charge on any atom is 0.224 e. The molecule has 24 heavy (non-hydrogen) atoms. The molecule has 1 saturated carbocycles. The van der Waals surface area contributed by atoms with Crippen LogP contribution in [0.15, 0.2) is 17.5 Å². The van der Waals surface area contributed by atoms with E-state index in [0.29, 0.717) is 19.0 Å². The lowest BCUT2D eigenvalue weighted by Crippen LogP contribution is -2.46. The Morgan fingerprint density at radius 1 is 1.29 bits per heavy atom. The lowest BCUT2D eigenvalue weighted by Gasteiger charge is -2.32. The summed E-state index contributed by atoms with van der Waals surface area (Å²) in [5.74, 6) is 0.271. The molecule has 1 aromatic rings. The first-order valence-corrected chi connectivity index (χ1v) is 11.5. The van der Waals surface area contributed by atoms with Crippen LogP contribution in [0.5, 0.6) is 0 Å². The van der Waals surface area contributed by atoms with Gasteiger partial charge in [0.15, 0.2) is 0 Å². The first kappa shape index (κ1) is 17.9. The summed E-state index contributed by atoms with van der Waals surface area (Å²) in [6, 6.07) is 4.20. The van der Waals surface area contributed by atoms with E-state index in [0.717, 1.165) is 25.7 Å². The number of nitrogens with zero attached hydrogens (tertiary/aromatic N) is 1. The van der Waals surface area contributed by atoms with Gasteiger partial charge in [0.25, 0.3) is 0 Å². The Morgan fingerprint density at radius 2 is 2.04 bits per heavy atom. The van der Waals surface area contributed by atoms with Gasteiger partial charge < -0.3 is 5.32 Å². The number of rotatable bonds is 5. The molecule has 3 rings (SSSR count). The molecule has 0 bridgehead atoms. The van der Waals surface area contributed by atoms with E-state index in [9.17, 15) is 13.2 Å². The number of sulfonamides is 1. The van der Waals surface area contributed by atoms with Crippen molar-refractivity contribution in [3.05, 3.63) is 22.4 Å². The minimum Gasteiger partial charge on any atom is -0.348 e. The van der Waals surface area contributed by atoms with E-state index >= 15 is 0 Å². The number of carbonyl (C=O) groups is 1. The molecule has 134 valence electrons. The molecule has 5 nitrogen and oxygen atoms in total. The predicted molar refractivity (Wildman–Crippen MR) is 96.3 cm³/mol. The Labute approximate surface area is 148 Å². The summed E-state index contributed by atoms with van der Waals surface area (Å²) in [7, 11) is -3.22. The maximum atomic E-state index is 12.8. The minimum absolute atomic E-state index is 0.00801. The molecule has 2 atom stereocenters. The zero-order valence-electron chi connectivity index (χ0n) is 14.1. The number of hydrogen-bond acceptors (Lipinski definition) is 4. The van der Waals surface area contributed by atoms with E-state index in [4.69, 9.17) is 0 Å². The second-order valence-electron chi connectivity index (χ2n) is 7.01. The maximum absolute atomic E-state index is 12.8. The molecule has 1 saturated heterocycles. The monoisotopic (exact) mass is 370 g/mol. The van der Waals surface area contributed by atoms with Crippen LogP contribution in [0.3, 0.4) is 0 Å². The van der Waals surface area contributed by atoms with Gasteiger partial charge in [0.05, 0.1) is 18.2 Å². The van der Waals surface area contributed by atoms with Crippen molar-refractivity contribution in [1.29, 1.82) is 0 Å². The molecule has 1 N–H and O–H groups in total. The summed E-state index contributed by atoms with van der Waals surface area (Å²) in [5, 5.41) is 5.30. The van der Waals surface area contributed by atoms with Crippen molar-refractivity contribution in [1.82, 2.24) is 9.62 Å². The van der Waals surface area contributed by atoms with Gasteiger partial charge in [-0.1, -0.05) is 18.9 Å². The van der Waals surface area contributed by atoms with Crippen LogP contribution in [0, 0.1) is 11.8 Å². The summed E-state index contributed by atoms with van der Waals surface area (Å²) in [5.41, 5.74) is 0. The molecule has 0 aromatic carbocycles. The van der Waals surface area contributed by atoms with Crippen LogP contribution in [0.2, 0.25) is 0 Å². The van der Waals surface area contributed by atoms with Gasteiger partial charge >= 0.3 is 0 Å². The van der Waals surface area contributed by atoms with Gasteiger partial charge in [0.2, 0.25) is 15.9 Å². The van der Waals surface area contributed by atoms with E-state index in [1.807, 2.05) is 6.07 Å².